The molecule has 1 saturated carbocycles. The quantitative estimate of drug-likeness (QED) is 0.369. The van der Waals surface area contributed by atoms with E-state index in [1.807, 2.05) is 37.4 Å². The molecule has 3 aromatic rings. The number of likely N-dealkylation sites (N-methyl/N-ethyl adjacent to an activating group) is 1. The molecule has 1 aromatic heterocycles. The number of aromatic nitrogens is 1. The van der Waals surface area contributed by atoms with Gasteiger partial charge < -0.3 is 30.0 Å². The van der Waals surface area contributed by atoms with Crippen molar-refractivity contribution in [1.82, 2.24) is 14.8 Å². The first kappa shape index (κ1) is 27.7. The lowest BCUT2D eigenvalue weighted by atomic mass is 9.82. The molecule has 0 unspecified atom stereocenters. The van der Waals surface area contributed by atoms with Gasteiger partial charge in [-0.15, -0.1) is 0 Å². The number of carbonyl (C=O) groups is 2. The number of fused-ring (bicyclic) bond motifs is 1. The minimum atomic E-state index is -0.391. The SMILES string of the molecule is COC(=O)c1ccc2c(C3CCCCC3)c(-c3ccc(OC)cc3)n(CC(=O)NCCN(C)CCN)c2c1. The highest BCUT2D eigenvalue weighted by atomic mass is 16.5. The van der Waals surface area contributed by atoms with Gasteiger partial charge in [-0.2, -0.15) is 0 Å². The van der Waals surface area contributed by atoms with E-state index < -0.39 is 5.97 Å². The lowest BCUT2D eigenvalue weighted by Crippen LogP contribution is -2.36. The highest BCUT2D eigenvalue weighted by Gasteiger charge is 2.28. The maximum Gasteiger partial charge on any atom is 0.337 e. The Morgan fingerprint density at radius 1 is 1.05 bits per heavy atom. The van der Waals surface area contributed by atoms with Crippen LogP contribution in [0.1, 0.15) is 53.9 Å². The highest BCUT2D eigenvalue weighted by Crippen LogP contribution is 2.44. The Bertz CT molecular complexity index is 1250. The van der Waals surface area contributed by atoms with E-state index in [-0.39, 0.29) is 12.5 Å². The topological polar surface area (TPSA) is 98.8 Å². The predicted molar refractivity (Wildman–Crippen MR) is 151 cm³/mol. The number of hydrogen-bond donors (Lipinski definition) is 2. The Morgan fingerprint density at radius 2 is 1.79 bits per heavy atom. The molecule has 3 N–H and O–H groups in total. The van der Waals surface area contributed by atoms with Gasteiger partial charge in [-0.05, 0) is 73.3 Å². The third-order valence-corrected chi connectivity index (χ3v) is 7.53. The standard InChI is InChI=1S/C30H40N4O4/c1-33(17-15-31)18-16-32-27(35)20-34-26-19-23(30(36)38-3)11-14-25(26)28(21-7-5-4-6-8-21)29(34)22-9-12-24(37-2)13-10-22/h9-14,19,21H,4-8,15-18,20,31H2,1-3H3,(H,32,35). The maximum absolute atomic E-state index is 13.3. The number of nitrogens with one attached hydrogen (secondary N) is 1. The lowest BCUT2D eigenvalue weighted by Gasteiger charge is -2.24. The fraction of sp³-hybridized carbons (Fsp3) is 0.467. The summed E-state index contributed by atoms with van der Waals surface area (Å²) in [5.41, 5.74) is 10.3. The van der Waals surface area contributed by atoms with Gasteiger partial charge in [0.15, 0.2) is 0 Å². The zero-order valence-corrected chi connectivity index (χ0v) is 22.8. The van der Waals surface area contributed by atoms with Crippen LogP contribution >= 0.6 is 0 Å². The van der Waals surface area contributed by atoms with Crippen LogP contribution in [0, 0.1) is 0 Å². The molecule has 0 spiro atoms. The van der Waals surface area contributed by atoms with Crippen LogP contribution in [0.2, 0.25) is 0 Å². The van der Waals surface area contributed by atoms with E-state index in [0.717, 1.165) is 53.8 Å². The number of ether oxygens (including phenoxy) is 2. The predicted octanol–water partition coefficient (Wildman–Crippen LogP) is 4.16. The number of benzene rings is 2. The second kappa shape index (κ2) is 12.9. The first-order valence-corrected chi connectivity index (χ1v) is 13.5. The number of methoxy groups -OCH3 is 2. The Hall–Kier alpha value is -3.36. The summed E-state index contributed by atoms with van der Waals surface area (Å²) >= 11 is 0. The van der Waals surface area contributed by atoms with Crippen molar-refractivity contribution in [3.63, 3.8) is 0 Å². The molecule has 4 rings (SSSR count). The monoisotopic (exact) mass is 520 g/mol. The Morgan fingerprint density at radius 3 is 2.45 bits per heavy atom. The number of carbonyl (C=O) groups excluding carboxylic acids is 2. The van der Waals surface area contributed by atoms with Crippen LogP contribution in [0.15, 0.2) is 42.5 Å². The van der Waals surface area contributed by atoms with Crippen LogP contribution in [-0.4, -0.2) is 68.8 Å². The number of hydrogen-bond acceptors (Lipinski definition) is 6. The molecule has 8 heteroatoms. The summed E-state index contributed by atoms with van der Waals surface area (Å²) in [6.07, 6.45) is 5.86. The van der Waals surface area contributed by atoms with Crippen molar-refractivity contribution in [2.24, 2.45) is 5.73 Å². The maximum atomic E-state index is 13.3. The molecule has 1 aliphatic carbocycles. The molecule has 8 nitrogen and oxygen atoms in total. The van der Waals surface area contributed by atoms with Crippen LogP contribution < -0.4 is 15.8 Å². The molecular formula is C30H40N4O4. The summed E-state index contributed by atoms with van der Waals surface area (Å²) in [7, 11) is 5.03. The molecular weight excluding hydrogens is 480 g/mol. The van der Waals surface area contributed by atoms with Crippen LogP contribution in [0.4, 0.5) is 0 Å². The summed E-state index contributed by atoms with van der Waals surface area (Å²) in [6, 6.07) is 13.7. The zero-order valence-electron chi connectivity index (χ0n) is 22.8. The molecule has 0 radical (unpaired) electrons. The van der Waals surface area contributed by atoms with E-state index in [2.05, 4.69) is 26.9 Å². The van der Waals surface area contributed by atoms with Crippen molar-refractivity contribution in [3.05, 3.63) is 53.6 Å². The van der Waals surface area contributed by atoms with Gasteiger partial charge in [0.25, 0.3) is 0 Å². The van der Waals surface area contributed by atoms with Gasteiger partial charge in [0.1, 0.15) is 12.3 Å². The van der Waals surface area contributed by atoms with Crippen LogP contribution in [0.3, 0.4) is 0 Å². The average Bonchev–Trinajstić information content (AvgIpc) is 3.26. The molecule has 0 bridgehead atoms. The summed E-state index contributed by atoms with van der Waals surface area (Å²) in [4.78, 5) is 27.8. The molecule has 0 saturated heterocycles. The molecule has 1 heterocycles. The number of esters is 1. The van der Waals surface area contributed by atoms with Gasteiger partial charge in [0, 0.05) is 31.6 Å². The zero-order chi connectivity index (χ0) is 27.1. The van der Waals surface area contributed by atoms with Crippen LogP contribution in [0.5, 0.6) is 5.75 Å². The summed E-state index contributed by atoms with van der Waals surface area (Å²) in [5.74, 6) is 0.707. The van der Waals surface area contributed by atoms with E-state index in [1.165, 1.54) is 31.9 Å². The van der Waals surface area contributed by atoms with Gasteiger partial charge >= 0.3 is 5.97 Å². The van der Waals surface area contributed by atoms with Gasteiger partial charge in [-0.3, -0.25) is 4.79 Å². The molecule has 0 aliphatic heterocycles. The molecule has 204 valence electrons. The van der Waals surface area contributed by atoms with E-state index in [0.29, 0.717) is 24.6 Å². The largest absolute Gasteiger partial charge is 0.497 e. The van der Waals surface area contributed by atoms with Crippen LogP contribution in [0.25, 0.3) is 22.2 Å². The number of rotatable bonds is 11. The lowest BCUT2D eigenvalue weighted by molar-refractivity contribution is -0.121. The minimum absolute atomic E-state index is 0.0727. The van der Waals surface area contributed by atoms with Gasteiger partial charge in [0.2, 0.25) is 5.91 Å². The molecule has 1 fully saturated rings. The third-order valence-electron chi connectivity index (χ3n) is 7.53. The van der Waals surface area contributed by atoms with Gasteiger partial charge in [-0.25, -0.2) is 4.79 Å². The van der Waals surface area contributed by atoms with Crippen molar-refractivity contribution in [3.8, 4) is 17.0 Å². The summed E-state index contributed by atoms with van der Waals surface area (Å²) < 4.78 is 12.5. The molecule has 38 heavy (non-hydrogen) atoms. The average molecular weight is 521 g/mol. The van der Waals surface area contributed by atoms with Crippen molar-refractivity contribution in [2.45, 2.75) is 44.6 Å². The van der Waals surface area contributed by atoms with Crippen molar-refractivity contribution < 1.29 is 19.1 Å². The van der Waals surface area contributed by atoms with Crippen molar-refractivity contribution in [2.75, 3.05) is 47.4 Å². The second-order valence-corrected chi connectivity index (χ2v) is 10.1. The van der Waals surface area contributed by atoms with Crippen LogP contribution in [-0.2, 0) is 16.1 Å². The molecule has 1 amide bonds. The van der Waals surface area contributed by atoms with Crippen molar-refractivity contribution in [1.29, 1.82) is 0 Å². The number of amides is 1. The van der Waals surface area contributed by atoms with E-state index in [1.54, 1.807) is 7.11 Å². The van der Waals surface area contributed by atoms with E-state index in [4.69, 9.17) is 15.2 Å². The highest BCUT2D eigenvalue weighted by molar-refractivity contribution is 5.99. The Kier molecular flexibility index (Phi) is 9.42. The van der Waals surface area contributed by atoms with E-state index >= 15 is 0 Å². The second-order valence-electron chi connectivity index (χ2n) is 10.1. The molecule has 2 aromatic carbocycles. The minimum Gasteiger partial charge on any atom is -0.497 e. The first-order valence-electron chi connectivity index (χ1n) is 13.5. The molecule has 0 atom stereocenters. The first-order chi connectivity index (χ1) is 18.5. The third kappa shape index (κ3) is 6.19. The van der Waals surface area contributed by atoms with Crippen molar-refractivity contribution >= 4 is 22.8 Å². The number of nitrogens with zero attached hydrogens (tertiary/aromatic N) is 2. The Labute approximate surface area is 225 Å². The van der Waals surface area contributed by atoms with Gasteiger partial charge in [0.05, 0.1) is 31.0 Å². The molecule has 1 aliphatic rings. The fourth-order valence-electron chi connectivity index (χ4n) is 5.57. The Balaban J connectivity index is 1.81. The summed E-state index contributed by atoms with van der Waals surface area (Å²) in [6.45, 7) is 2.77. The normalized spacial score (nSPS) is 14.1. The summed E-state index contributed by atoms with van der Waals surface area (Å²) in [5, 5.41) is 4.15. The smallest absolute Gasteiger partial charge is 0.337 e. The van der Waals surface area contributed by atoms with Gasteiger partial charge in [-0.1, -0.05) is 25.3 Å². The number of nitrogens with two attached hydrogens (primary N) is 1. The van der Waals surface area contributed by atoms with E-state index in [9.17, 15) is 9.59 Å². The fourth-order valence-corrected chi connectivity index (χ4v) is 5.57.